The lowest BCUT2D eigenvalue weighted by atomic mass is 10.2. The van der Waals surface area contributed by atoms with Gasteiger partial charge in [0.15, 0.2) is 5.65 Å². The van der Waals surface area contributed by atoms with Gasteiger partial charge in [0.05, 0.1) is 23.3 Å². The maximum Gasteiger partial charge on any atom is 0.164 e. The number of aryl methyl sites for hydroxylation is 1. The topological polar surface area (TPSA) is 55.1 Å². The van der Waals surface area contributed by atoms with E-state index in [1.54, 1.807) is 23.0 Å². The molecule has 2 heterocycles. The van der Waals surface area contributed by atoms with Crippen molar-refractivity contribution in [1.29, 1.82) is 0 Å². The van der Waals surface area contributed by atoms with E-state index in [1.165, 1.54) is 12.1 Å². The molecule has 0 radical (unpaired) electrons. The van der Waals surface area contributed by atoms with Crippen LogP contribution in [0.4, 0.5) is 10.1 Å². The van der Waals surface area contributed by atoms with Crippen molar-refractivity contribution in [3.8, 4) is 5.69 Å². The predicted octanol–water partition coefficient (Wildman–Crippen LogP) is 4.97. The first kappa shape index (κ1) is 17.2. The van der Waals surface area contributed by atoms with Gasteiger partial charge in [-0.15, -0.1) is 0 Å². The molecule has 0 bridgehead atoms. The number of hydrogen-bond acceptors (Lipinski definition) is 4. The Hall–Kier alpha value is -3.25. The van der Waals surface area contributed by atoms with Crippen LogP contribution in [0.15, 0.2) is 65.8 Å². The van der Waals surface area contributed by atoms with Crippen LogP contribution in [-0.2, 0) is 0 Å². The molecule has 0 aliphatic heterocycles. The molecule has 27 heavy (non-hydrogen) atoms. The fourth-order valence-electron chi connectivity index (χ4n) is 2.72. The second kappa shape index (κ2) is 7.17. The van der Waals surface area contributed by atoms with E-state index in [4.69, 9.17) is 11.6 Å². The number of pyridine rings is 1. The summed E-state index contributed by atoms with van der Waals surface area (Å²) in [4.78, 5) is 4.51. The quantitative estimate of drug-likeness (QED) is 0.309. The fraction of sp³-hybridized carbons (Fsp3) is 0.0500. The van der Waals surface area contributed by atoms with E-state index in [-0.39, 0.29) is 5.82 Å². The summed E-state index contributed by atoms with van der Waals surface area (Å²) in [6.45, 7) is 1.93. The van der Waals surface area contributed by atoms with Gasteiger partial charge in [-0.1, -0.05) is 29.8 Å². The van der Waals surface area contributed by atoms with E-state index in [0.29, 0.717) is 22.1 Å². The Morgan fingerprint density at radius 1 is 1.11 bits per heavy atom. The summed E-state index contributed by atoms with van der Waals surface area (Å²) in [6, 6.07) is 17.6. The molecule has 0 fully saturated rings. The fourth-order valence-corrected chi connectivity index (χ4v) is 2.90. The van der Waals surface area contributed by atoms with Crippen molar-refractivity contribution in [2.24, 2.45) is 5.10 Å². The van der Waals surface area contributed by atoms with E-state index in [1.807, 2.05) is 43.3 Å². The minimum absolute atomic E-state index is 0.298. The molecule has 134 valence electrons. The summed E-state index contributed by atoms with van der Waals surface area (Å²) in [5.41, 5.74) is 6.62. The van der Waals surface area contributed by atoms with Crippen LogP contribution < -0.4 is 5.43 Å². The first-order chi connectivity index (χ1) is 13.1. The lowest BCUT2D eigenvalue weighted by Gasteiger charge is -2.04. The molecule has 1 N–H and O–H groups in total. The van der Waals surface area contributed by atoms with Crippen LogP contribution in [0.3, 0.4) is 0 Å². The molecular formula is C20H15ClFN5. The maximum atomic E-state index is 12.9. The van der Waals surface area contributed by atoms with Gasteiger partial charge in [-0.05, 0) is 49.4 Å². The molecule has 5 nitrogen and oxygen atoms in total. The highest BCUT2D eigenvalue weighted by molar-refractivity contribution is 6.32. The smallest absolute Gasteiger partial charge is 0.164 e. The van der Waals surface area contributed by atoms with Crippen LogP contribution in [0.5, 0.6) is 0 Å². The van der Waals surface area contributed by atoms with Gasteiger partial charge < -0.3 is 0 Å². The monoisotopic (exact) mass is 379 g/mol. The average Bonchev–Trinajstić information content (AvgIpc) is 3.00. The number of para-hydroxylation sites is 1. The Morgan fingerprint density at radius 2 is 1.85 bits per heavy atom. The zero-order chi connectivity index (χ0) is 18.8. The molecule has 7 heteroatoms. The van der Waals surface area contributed by atoms with E-state index in [2.05, 4.69) is 20.6 Å². The second-order valence-electron chi connectivity index (χ2n) is 5.95. The molecule has 0 unspecified atom stereocenters. The second-order valence-corrected chi connectivity index (χ2v) is 6.31. The number of anilines is 1. The summed E-state index contributed by atoms with van der Waals surface area (Å²) < 4.78 is 14.7. The van der Waals surface area contributed by atoms with Crippen LogP contribution in [0.2, 0.25) is 5.15 Å². The predicted molar refractivity (Wildman–Crippen MR) is 106 cm³/mol. The lowest BCUT2D eigenvalue weighted by molar-refractivity contribution is 0.628. The number of nitrogens with one attached hydrogen (secondary N) is 1. The zero-order valence-electron chi connectivity index (χ0n) is 14.4. The molecule has 0 atom stereocenters. The van der Waals surface area contributed by atoms with Crippen molar-refractivity contribution in [2.45, 2.75) is 6.92 Å². The van der Waals surface area contributed by atoms with Crippen molar-refractivity contribution in [2.75, 3.05) is 5.43 Å². The van der Waals surface area contributed by atoms with Crippen LogP contribution in [0.1, 0.15) is 11.3 Å². The maximum absolute atomic E-state index is 12.9. The first-order valence-corrected chi connectivity index (χ1v) is 8.65. The number of benzene rings is 2. The third-order valence-corrected chi connectivity index (χ3v) is 4.37. The van der Waals surface area contributed by atoms with Crippen molar-refractivity contribution in [1.82, 2.24) is 14.8 Å². The standard InChI is InChI=1S/C20H15ClFN5/c1-13-18-11-14(12-23-25-16-9-7-15(22)8-10-16)19(21)24-20(18)27(26-13)17-5-3-2-4-6-17/h2-12,25H,1H3/b23-12-. The number of aromatic nitrogens is 3. The summed E-state index contributed by atoms with van der Waals surface area (Å²) >= 11 is 6.35. The van der Waals surface area contributed by atoms with Crippen molar-refractivity contribution in [3.63, 3.8) is 0 Å². The molecule has 0 amide bonds. The molecule has 4 aromatic rings. The van der Waals surface area contributed by atoms with Crippen LogP contribution in [0.25, 0.3) is 16.7 Å². The summed E-state index contributed by atoms with van der Waals surface area (Å²) in [6.07, 6.45) is 1.58. The molecule has 0 saturated carbocycles. The number of fused-ring (bicyclic) bond motifs is 1. The first-order valence-electron chi connectivity index (χ1n) is 8.28. The molecule has 0 spiro atoms. The van der Waals surface area contributed by atoms with Crippen molar-refractivity contribution < 1.29 is 4.39 Å². The molecule has 2 aromatic carbocycles. The van der Waals surface area contributed by atoms with Crippen molar-refractivity contribution >= 4 is 34.5 Å². The highest BCUT2D eigenvalue weighted by Crippen LogP contribution is 2.24. The van der Waals surface area contributed by atoms with E-state index < -0.39 is 0 Å². The third-order valence-electron chi connectivity index (χ3n) is 4.07. The van der Waals surface area contributed by atoms with Gasteiger partial charge in [-0.3, -0.25) is 5.43 Å². The van der Waals surface area contributed by atoms with Gasteiger partial charge in [-0.25, -0.2) is 14.1 Å². The van der Waals surface area contributed by atoms with Crippen LogP contribution in [-0.4, -0.2) is 21.0 Å². The van der Waals surface area contributed by atoms with E-state index in [9.17, 15) is 4.39 Å². The number of halogens is 2. The summed E-state index contributed by atoms with van der Waals surface area (Å²) in [7, 11) is 0. The minimum atomic E-state index is -0.298. The Kier molecular flexibility index (Phi) is 4.56. The Balaban J connectivity index is 1.67. The Bertz CT molecular complexity index is 1120. The molecule has 0 aliphatic carbocycles. The molecular weight excluding hydrogens is 365 g/mol. The Labute approximate surface area is 160 Å². The number of rotatable bonds is 4. The normalized spacial score (nSPS) is 11.4. The largest absolute Gasteiger partial charge is 0.278 e. The molecule has 4 rings (SSSR count). The van der Waals surface area contributed by atoms with Gasteiger partial charge in [0.25, 0.3) is 0 Å². The SMILES string of the molecule is Cc1nn(-c2ccccc2)c2nc(Cl)c(/C=N\Nc3ccc(F)cc3)cc12. The Morgan fingerprint density at radius 3 is 2.59 bits per heavy atom. The third kappa shape index (κ3) is 3.52. The highest BCUT2D eigenvalue weighted by Gasteiger charge is 2.13. The van der Waals surface area contributed by atoms with E-state index >= 15 is 0 Å². The lowest BCUT2D eigenvalue weighted by Crippen LogP contribution is -1.98. The van der Waals surface area contributed by atoms with Crippen molar-refractivity contribution in [3.05, 3.63) is 82.9 Å². The van der Waals surface area contributed by atoms with Gasteiger partial charge in [0, 0.05) is 10.9 Å². The van der Waals surface area contributed by atoms with Gasteiger partial charge in [0.2, 0.25) is 0 Å². The number of hydrogen-bond donors (Lipinski definition) is 1. The highest BCUT2D eigenvalue weighted by atomic mass is 35.5. The van der Waals surface area contributed by atoms with Gasteiger partial charge in [0.1, 0.15) is 11.0 Å². The summed E-state index contributed by atoms with van der Waals surface area (Å²) in [5.74, 6) is -0.298. The molecule has 0 aliphatic rings. The van der Waals surface area contributed by atoms with Gasteiger partial charge >= 0.3 is 0 Å². The average molecular weight is 380 g/mol. The molecule has 2 aromatic heterocycles. The number of hydrazone groups is 1. The van der Waals surface area contributed by atoms with Gasteiger partial charge in [-0.2, -0.15) is 10.2 Å². The number of nitrogens with zero attached hydrogens (tertiary/aromatic N) is 4. The molecule has 0 saturated heterocycles. The zero-order valence-corrected chi connectivity index (χ0v) is 15.2. The minimum Gasteiger partial charge on any atom is -0.278 e. The summed E-state index contributed by atoms with van der Waals surface area (Å²) in [5, 5.41) is 9.95. The van der Waals surface area contributed by atoms with Crippen LogP contribution in [0, 0.1) is 12.7 Å². The van der Waals surface area contributed by atoms with Crippen LogP contribution >= 0.6 is 11.6 Å². The van der Waals surface area contributed by atoms with E-state index in [0.717, 1.165) is 16.8 Å².